The number of Topliss-reactive ketones (excluding diaryl/α,β-unsaturated/α-hetero) is 1. The lowest BCUT2D eigenvalue weighted by Crippen LogP contribution is -2.50. The number of anilines is 1. The van der Waals surface area contributed by atoms with Crippen LogP contribution >= 0.6 is 0 Å². The Morgan fingerprint density at radius 2 is 1.29 bits per heavy atom. The van der Waals surface area contributed by atoms with Crippen LogP contribution in [0, 0.1) is 5.92 Å². The van der Waals surface area contributed by atoms with Gasteiger partial charge < -0.3 is 0 Å². The van der Waals surface area contributed by atoms with E-state index in [0.29, 0.717) is 16.8 Å². The van der Waals surface area contributed by atoms with Crippen LogP contribution in [-0.2, 0) is 9.59 Å². The first-order chi connectivity index (χ1) is 13.7. The molecule has 0 spiro atoms. The van der Waals surface area contributed by atoms with Crippen LogP contribution < -0.4 is 4.90 Å². The number of rotatable bonds is 4. The zero-order valence-electron chi connectivity index (χ0n) is 14.9. The molecule has 5 heteroatoms. The van der Waals surface area contributed by atoms with Gasteiger partial charge >= 0.3 is 0 Å². The first-order valence-corrected chi connectivity index (χ1v) is 8.83. The molecule has 0 N–H and O–H groups in total. The summed E-state index contributed by atoms with van der Waals surface area (Å²) >= 11 is 0. The van der Waals surface area contributed by atoms with Crippen LogP contribution in [0.15, 0.2) is 96.0 Å². The van der Waals surface area contributed by atoms with E-state index in [1.165, 1.54) is 4.90 Å². The van der Waals surface area contributed by atoms with Crippen LogP contribution in [0.2, 0.25) is 0 Å². The van der Waals surface area contributed by atoms with Crippen molar-refractivity contribution in [3.8, 4) is 0 Å². The summed E-state index contributed by atoms with van der Waals surface area (Å²) in [6, 6.07) is 26.2. The van der Waals surface area contributed by atoms with Crippen molar-refractivity contribution in [1.29, 1.82) is 0 Å². The molecule has 1 aliphatic rings. The minimum Gasteiger partial charge on any atom is -0.293 e. The Hall–Kier alpha value is -3.86. The quantitative estimate of drug-likeness (QED) is 0.523. The summed E-state index contributed by atoms with van der Waals surface area (Å²) in [5.41, 5.74) is 1.48. The second kappa shape index (κ2) is 7.40. The summed E-state index contributed by atoms with van der Waals surface area (Å²) in [6.45, 7) is 0. The average Bonchev–Trinajstić information content (AvgIpc) is 2.75. The molecule has 1 aliphatic heterocycles. The zero-order chi connectivity index (χ0) is 19.5. The monoisotopic (exact) mass is 368 g/mol. The first-order valence-electron chi connectivity index (χ1n) is 8.83. The van der Waals surface area contributed by atoms with Gasteiger partial charge in [-0.2, -0.15) is 4.99 Å². The van der Waals surface area contributed by atoms with Crippen molar-refractivity contribution in [2.75, 3.05) is 4.90 Å². The maximum atomic E-state index is 13.3. The van der Waals surface area contributed by atoms with Gasteiger partial charge in [-0.15, -0.1) is 0 Å². The predicted octanol–water partition coefficient (Wildman–Crippen LogP) is 3.51. The van der Waals surface area contributed by atoms with Crippen LogP contribution in [0.1, 0.15) is 15.9 Å². The molecule has 1 unspecified atom stereocenters. The van der Waals surface area contributed by atoms with Crippen molar-refractivity contribution in [3.63, 3.8) is 0 Å². The van der Waals surface area contributed by atoms with Gasteiger partial charge in [-0.3, -0.25) is 19.3 Å². The Labute approximate surface area is 162 Å². The molecule has 0 aliphatic carbocycles. The Morgan fingerprint density at radius 3 is 1.89 bits per heavy atom. The van der Waals surface area contributed by atoms with Gasteiger partial charge in [-0.1, -0.05) is 78.9 Å². The number of nitrogens with zero attached hydrogens (tertiary/aromatic N) is 2. The summed E-state index contributed by atoms with van der Waals surface area (Å²) in [4.78, 5) is 44.5. The standard InChI is InChI=1S/C23H16N2O3/c26-20(16-10-4-1-5-11-16)19-22(27)24-21(17-12-6-2-7-13-17)25(23(19)28)18-14-8-3-9-15-18/h1-15,19H. The predicted molar refractivity (Wildman–Crippen MR) is 106 cm³/mol. The van der Waals surface area contributed by atoms with E-state index in [-0.39, 0.29) is 5.84 Å². The largest absolute Gasteiger partial charge is 0.293 e. The number of ketones is 1. The lowest BCUT2D eigenvalue weighted by Gasteiger charge is -2.30. The molecule has 0 fully saturated rings. The third-order valence-electron chi connectivity index (χ3n) is 4.51. The van der Waals surface area contributed by atoms with E-state index in [4.69, 9.17) is 0 Å². The molecular formula is C23H16N2O3. The van der Waals surface area contributed by atoms with Crippen LogP contribution in [0.5, 0.6) is 0 Å². The van der Waals surface area contributed by atoms with Crippen LogP contribution in [-0.4, -0.2) is 23.4 Å². The van der Waals surface area contributed by atoms with Crippen molar-refractivity contribution < 1.29 is 14.4 Å². The summed E-state index contributed by atoms with van der Waals surface area (Å²) in [5, 5.41) is 0. The van der Waals surface area contributed by atoms with Crippen molar-refractivity contribution in [3.05, 3.63) is 102 Å². The molecule has 1 heterocycles. The minimum absolute atomic E-state index is 0.221. The third kappa shape index (κ3) is 3.14. The molecule has 0 saturated heterocycles. The van der Waals surface area contributed by atoms with Crippen LogP contribution in [0.4, 0.5) is 5.69 Å². The van der Waals surface area contributed by atoms with E-state index < -0.39 is 23.5 Å². The van der Waals surface area contributed by atoms with E-state index in [0.717, 1.165) is 0 Å². The van der Waals surface area contributed by atoms with E-state index in [2.05, 4.69) is 4.99 Å². The molecule has 2 amide bonds. The Kier molecular flexibility index (Phi) is 4.64. The Morgan fingerprint density at radius 1 is 0.750 bits per heavy atom. The molecule has 5 nitrogen and oxygen atoms in total. The fourth-order valence-corrected chi connectivity index (χ4v) is 3.16. The van der Waals surface area contributed by atoms with Gasteiger partial charge in [0.25, 0.3) is 11.8 Å². The first kappa shape index (κ1) is 17.5. The van der Waals surface area contributed by atoms with Crippen molar-refractivity contribution in [2.24, 2.45) is 10.9 Å². The number of aliphatic imine (C=N–C) groups is 1. The van der Waals surface area contributed by atoms with Crippen LogP contribution in [0.25, 0.3) is 0 Å². The summed E-state index contributed by atoms with van der Waals surface area (Å²) in [7, 11) is 0. The Bertz CT molecular complexity index is 1060. The molecule has 0 bridgehead atoms. The number of para-hydroxylation sites is 1. The normalized spacial score (nSPS) is 16.6. The highest BCUT2D eigenvalue weighted by Crippen LogP contribution is 2.26. The van der Waals surface area contributed by atoms with E-state index in [1.54, 1.807) is 78.9 Å². The molecule has 136 valence electrons. The lowest BCUT2D eigenvalue weighted by molar-refractivity contribution is -0.129. The zero-order valence-corrected chi connectivity index (χ0v) is 14.9. The highest BCUT2D eigenvalue weighted by atomic mass is 16.2. The highest BCUT2D eigenvalue weighted by molar-refractivity contribution is 6.38. The fourth-order valence-electron chi connectivity index (χ4n) is 3.16. The maximum Gasteiger partial charge on any atom is 0.268 e. The number of carbonyl (C=O) groups excluding carboxylic acids is 3. The number of benzene rings is 3. The summed E-state index contributed by atoms with van der Waals surface area (Å²) in [5.74, 6) is -3.16. The fraction of sp³-hybridized carbons (Fsp3) is 0.0435. The molecule has 28 heavy (non-hydrogen) atoms. The molecule has 0 aromatic heterocycles. The number of carbonyl (C=O) groups is 3. The molecule has 0 saturated carbocycles. The molecule has 0 radical (unpaired) electrons. The van der Waals surface area contributed by atoms with Gasteiger partial charge in [-0.05, 0) is 12.1 Å². The van der Waals surface area contributed by atoms with Gasteiger partial charge in [0.05, 0.1) is 5.69 Å². The smallest absolute Gasteiger partial charge is 0.268 e. The second-order valence-electron chi connectivity index (χ2n) is 6.31. The van der Waals surface area contributed by atoms with Crippen molar-refractivity contribution in [1.82, 2.24) is 0 Å². The molecular weight excluding hydrogens is 352 g/mol. The maximum absolute atomic E-state index is 13.3. The summed E-state index contributed by atoms with van der Waals surface area (Å²) < 4.78 is 0. The lowest BCUT2D eigenvalue weighted by atomic mass is 9.93. The van der Waals surface area contributed by atoms with Gasteiger partial charge in [0.15, 0.2) is 17.5 Å². The summed E-state index contributed by atoms with van der Waals surface area (Å²) in [6.07, 6.45) is 0. The van der Waals surface area contributed by atoms with Crippen LogP contribution in [0.3, 0.4) is 0 Å². The van der Waals surface area contributed by atoms with Gasteiger partial charge in [0.1, 0.15) is 0 Å². The van der Waals surface area contributed by atoms with Crippen molar-refractivity contribution >= 4 is 29.1 Å². The number of amidine groups is 1. The van der Waals surface area contributed by atoms with Gasteiger partial charge in [-0.25, -0.2) is 0 Å². The SMILES string of the molecule is O=C1N=C(c2ccccc2)N(c2ccccc2)C(=O)C1C(=O)c1ccccc1. The highest BCUT2D eigenvalue weighted by Gasteiger charge is 2.43. The van der Waals surface area contributed by atoms with E-state index in [9.17, 15) is 14.4 Å². The minimum atomic E-state index is -1.49. The number of amides is 2. The van der Waals surface area contributed by atoms with Crippen molar-refractivity contribution in [2.45, 2.75) is 0 Å². The topological polar surface area (TPSA) is 66.8 Å². The third-order valence-corrected chi connectivity index (χ3v) is 4.51. The molecule has 3 aromatic carbocycles. The molecule has 1 atom stereocenters. The van der Waals surface area contributed by atoms with Gasteiger partial charge in [0.2, 0.25) is 0 Å². The second-order valence-corrected chi connectivity index (χ2v) is 6.31. The Balaban J connectivity index is 1.83. The van der Waals surface area contributed by atoms with E-state index in [1.807, 2.05) is 12.1 Å². The number of hydrogen-bond acceptors (Lipinski definition) is 3. The average molecular weight is 368 g/mol. The number of hydrogen-bond donors (Lipinski definition) is 0. The van der Waals surface area contributed by atoms with Gasteiger partial charge in [0, 0.05) is 11.1 Å². The molecule has 3 aromatic rings. The molecule has 4 rings (SSSR count). The van der Waals surface area contributed by atoms with E-state index >= 15 is 0 Å².